The van der Waals surface area contributed by atoms with E-state index in [0.717, 1.165) is 12.5 Å². The van der Waals surface area contributed by atoms with Gasteiger partial charge in [0.25, 0.3) is 0 Å². The first-order valence-electron chi connectivity index (χ1n) is 9.88. The van der Waals surface area contributed by atoms with Gasteiger partial charge in [-0.1, -0.05) is 23.4 Å². The van der Waals surface area contributed by atoms with E-state index in [2.05, 4.69) is 25.5 Å². The maximum Gasteiger partial charge on any atom is 0.243 e. The van der Waals surface area contributed by atoms with Crippen LogP contribution in [0.25, 0.3) is 22.9 Å². The molecule has 1 atom stereocenters. The average molecular weight is 488 g/mol. The molecule has 13 heteroatoms. The first kappa shape index (κ1) is 23.2. The number of hydrogen-bond donors (Lipinski definition) is 1. The molecule has 0 aliphatic carbocycles. The summed E-state index contributed by atoms with van der Waals surface area (Å²) in [4.78, 5) is 20.1. The molecule has 1 aromatic carbocycles. The van der Waals surface area contributed by atoms with E-state index in [9.17, 15) is 22.0 Å². The second kappa shape index (κ2) is 9.09. The lowest BCUT2D eigenvalue weighted by molar-refractivity contribution is -0.115. The Morgan fingerprint density at radius 3 is 2.62 bits per heavy atom. The van der Waals surface area contributed by atoms with Crippen LogP contribution in [0, 0.1) is 11.6 Å². The Kier molecular flexibility index (Phi) is 6.20. The van der Waals surface area contributed by atoms with Gasteiger partial charge in [-0.25, -0.2) is 27.2 Å². The highest BCUT2D eigenvalue weighted by Crippen LogP contribution is 2.26. The van der Waals surface area contributed by atoms with Crippen molar-refractivity contribution in [2.45, 2.75) is 18.7 Å². The summed E-state index contributed by atoms with van der Waals surface area (Å²) < 4.78 is 58.1. The highest BCUT2D eigenvalue weighted by atomic mass is 32.2. The van der Waals surface area contributed by atoms with Crippen molar-refractivity contribution in [3.05, 3.63) is 66.1 Å². The zero-order chi connectivity index (χ0) is 24.5. The van der Waals surface area contributed by atoms with E-state index in [1.165, 1.54) is 23.9 Å². The van der Waals surface area contributed by atoms with Crippen molar-refractivity contribution in [3.63, 3.8) is 0 Å². The van der Waals surface area contributed by atoms with Crippen molar-refractivity contribution < 1.29 is 26.5 Å². The van der Waals surface area contributed by atoms with Gasteiger partial charge in [0.05, 0.1) is 18.4 Å². The minimum atomic E-state index is -3.70. The molecule has 0 bridgehead atoms. The van der Waals surface area contributed by atoms with E-state index in [1.54, 1.807) is 30.3 Å². The number of halogens is 2. The summed E-state index contributed by atoms with van der Waals surface area (Å²) in [5.41, 5.74) is 1.41. The molecule has 176 valence electrons. The molecule has 1 unspecified atom stereocenters. The largest absolute Gasteiger partial charge is 0.364 e. The molecule has 3 aromatic heterocycles. The fourth-order valence-electron chi connectivity index (χ4n) is 2.98. The number of carbonyl (C=O) groups is 1. The number of carbonyl (C=O) groups excluding carboxylic acids is 1. The van der Waals surface area contributed by atoms with Crippen molar-refractivity contribution in [3.8, 4) is 22.9 Å². The van der Waals surface area contributed by atoms with Crippen LogP contribution in [0.15, 0.2) is 53.4 Å². The summed E-state index contributed by atoms with van der Waals surface area (Å²) in [6, 6.07) is 9.32. The molecular formula is C21H18F2N6O4S. The van der Waals surface area contributed by atoms with Crippen molar-refractivity contribution in [2.75, 3.05) is 11.6 Å². The molecule has 3 heterocycles. The van der Waals surface area contributed by atoms with Gasteiger partial charge in [0.2, 0.25) is 5.91 Å². The molecule has 34 heavy (non-hydrogen) atoms. The maximum absolute atomic E-state index is 14.3. The first-order valence-corrected chi connectivity index (χ1v) is 11.8. The van der Waals surface area contributed by atoms with Crippen molar-refractivity contribution in [1.29, 1.82) is 0 Å². The van der Waals surface area contributed by atoms with Crippen LogP contribution in [0.1, 0.15) is 12.5 Å². The van der Waals surface area contributed by atoms with Gasteiger partial charge >= 0.3 is 0 Å². The van der Waals surface area contributed by atoms with Crippen LogP contribution in [0.3, 0.4) is 0 Å². The van der Waals surface area contributed by atoms with Crippen molar-refractivity contribution in [1.82, 2.24) is 24.9 Å². The van der Waals surface area contributed by atoms with E-state index in [0.29, 0.717) is 17.0 Å². The van der Waals surface area contributed by atoms with E-state index < -0.39 is 38.4 Å². The minimum Gasteiger partial charge on any atom is -0.364 e. The van der Waals surface area contributed by atoms with Gasteiger partial charge in [0.1, 0.15) is 28.7 Å². The SMILES string of the molecule is CC(C(=O)Nc1nc(-c2cc(-c3ccon3)n(Cc3ccccc3F)n2)ncc1F)S(C)(=O)=O. The van der Waals surface area contributed by atoms with E-state index in [1.807, 2.05) is 0 Å². The van der Waals surface area contributed by atoms with E-state index >= 15 is 0 Å². The lowest BCUT2D eigenvalue weighted by Crippen LogP contribution is -2.32. The molecule has 0 saturated carbocycles. The smallest absolute Gasteiger partial charge is 0.243 e. The van der Waals surface area contributed by atoms with Crippen LogP contribution in [0.2, 0.25) is 0 Å². The van der Waals surface area contributed by atoms with Gasteiger partial charge in [-0.3, -0.25) is 9.48 Å². The van der Waals surface area contributed by atoms with Gasteiger partial charge in [-0.2, -0.15) is 5.10 Å². The molecule has 0 fully saturated rings. The molecule has 4 rings (SSSR count). The summed E-state index contributed by atoms with van der Waals surface area (Å²) in [7, 11) is -3.70. The van der Waals surface area contributed by atoms with Crippen molar-refractivity contribution in [2.24, 2.45) is 0 Å². The molecule has 0 aliphatic heterocycles. The summed E-state index contributed by atoms with van der Waals surface area (Å²) in [5.74, 6) is -2.88. The maximum atomic E-state index is 14.3. The number of aromatic nitrogens is 5. The predicted octanol–water partition coefficient (Wildman–Crippen LogP) is 2.69. The first-order chi connectivity index (χ1) is 16.1. The molecule has 1 amide bonds. The fraction of sp³-hybridized carbons (Fsp3) is 0.190. The molecule has 0 saturated heterocycles. The highest BCUT2D eigenvalue weighted by Gasteiger charge is 2.25. The zero-order valence-electron chi connectivity index (χ0n) is 17.9. The molecule has 0 spiro atoms. The Bertz CT molecular complexity index is 1450. The molecule has 1 N–H and O–H groups in total. The molecule has 0 aliphatic rings. The van der Waals surface area contributed by atoms with Gasteiger partial charge < -0.3 is 9.84 Å². The number of nitrogens with zero attached hydrogens (tertiary/aromatic N) is 5. The third-order valence-corrected chi connectivity index (χ3v) is 6.48. The van der Waals surface area contributed by atoms with Crippen LogP contribution < -0.4 is 5.32 Å². The van der Waals surface area contributed by atoms with Gasteiger partial charge in [-0.15, -0.1) is 0 Å². The van der Waals surface area contributed by atoms with Gasteiger partial charge in [0.15, 0.2) is 27.3 Å². The van der Waals surface area contributed by atoms with E-state index in [-0.39, 0.29) is 18.1 Å². The summed E-state index contributed by atoms with van der Waals surface area (Å²) >= 11 is 0. The summed E-state index contributed by atoms with van der Waals surface area (Å²) in [5, 5.41) is 9.05. The van der Waals surface area contributed by atoms with Crippen LogP contribution in [-0.4, -0.2) is 50.7 Å². The number of anilines is 1. The Labute approximate surface area is 192 Å². The van der Waals surface area contributed by atoms with Crippen LogP contribution in [-0.2, 0) is 21.2 Å². The Morgan fingerprint density at radius 2 is 1.94 bits per heavy atom. The van der Waals surface area contributed by atoms with Gasteiger partial charge in [0, 0.05) is 17.9 Å². The second-order valence-electron chi connectivity index (χ2n) is 7.40. The number of sulfone groups is 1. The minimum absolute atomic E-state index is 0.0472. The fourth-order valence-corrected chi connectivity index (χ4v) is 3.42. The lowest BCUT2D eigenvalue weighted by Gasteiger charge is -2.10. The molecule has 4 aromatic rings. The third-order valence-electron chi connectivity index (χ3n) is 4.98. The Balaban J connectivity index is 1.71. The predicted molar refractivity (Wildman–Crippen MR) is 117 cm³/mol. The Hall–Kier alpha value is -4.00. The number of benzene rings is 1. The third kappa shape index (κ3) is 4.83. The van der Waals surface area contributed by atoms with Gasteiger partial charge in [-0.05, 0) is 19.1 Å². The van der Waals surface area contributed by atoms with E-state index in [4.69, 9.17) is 4.52 Å². The molecular weight excluding hydrogens is 470 g/mol. The second-order valence-corrected chi connectivity index (χ2v) is 9.77. The monoisotopic (exact) mass is 488 g/mol. The van der Waals surface area contributed by atoms with Crippen molar-refractivity contribution >= 4 is 21.6 Å². The molecule has 10 nitrogen and oxygen atoms in total. The number of nitrogens with one attached hydrogen (secondary N) is 1. The number of hydrogen-bond acceptors (Lipinski definition) is 8. The highest BCUT2D eigenvalue weighted by molar-refractivity contribution is 7.92. The van der Waals surface area contributed by atoms with Crippen LogP contribution in [0.5, 0.6) is 0 Å². The Morgan fingerprint density at radius 1 is 1.18 bits per heavy atom. The number of rotatable bonds is 7. The lowest BCUT2D eigenvalue weighted by atomic mass is 10.2. The average Bonchev–Trinajstić information content (AvgIpc) is 3.45. The summed E-state index contributed by atoms with van der Waals surface area (Å²) in [6.07, 6.45) is 3.09. The standard InChI is InChI=1S/C21H18F2N6O4S/c1-12(34(2,31)32)21(30)26-19-15(23)10-24-20(25-19)17-9-18(16-7-8-33-28-16)29(27-17)11-13-5-3-4-6-14(13)22/h3-10,12H,11H2,1-2H3,(H,24,25,26,30). The number of amides is 1. The summed E-state index contributed by atoms with van der Waals surface area (Å²) in [6.45, 7) is 1.23. The van der Waals surface area contributed by atoms with Crippen LogP contribution in [0.4, 0.5) is 14.6 Å². The quantitative estimate of drug-likeness (QED) is 0.420. The normalized spacial score (nSPS) is 12.5. The zero-order valence-corrected chi connectivity index (χ0v) is 18.8. The molecule has 0 radical (unpaired) electrons. The topological polar surface area (TPSA) is 133 Å². The van der Waals surface area contributed by atoms with Crippen LogP contribution >= 0.6 is 0 Å².